The van der Waals surface area contributed by atoms with Gasteiger partial charge in [0, 0.05) is 30.7 Å². The number of hydrogen-bond donors (Lipinski definition) is 2. The van der Waals surface area contributed by atoms with Gasteiger partial charge in [-0.05, 0) is 18.1 Å². The molecule has 0 aliphatic rings. The molecule has 2 unspecified atom stereocenters. The Hall–Kier alpha value is -1.66. The van der Waals surface area contributed by atoms with Crippen molar-refractivity contribution in [2.75, 3.05) is 0 Å². The lowest BCUT2D eigenvalue weighted by atomic mass is 10.1. The molecule has 0 aliphatic heterocycles. The Balaban J connectivity index is 2.27. The van der Waals surface area contributed by atoms with E-state index in [0.717, 1.165) is 12.0 Å². The Bertz CT molecular complexity index is 572. The number of nitrogens with two attached hydrogens (primary N) is 1. The van der Waals surface area contributed by atoms with Crippen molar-refractivity contribution < 1.29 is 0 Å². The molecule has 0 spiro atoms. The van der Waals surface area contributed by atoms with E-state index in [1.807, 2.05) is 19.1 Å². The molecule has 0 fully saturated rings. The van der Waals surface area contributed by atoms with Gasteiger partial charge in [-0.1, -0.05) is 24.8 Å². The lowest BCUT2D eigenvalue weighted by Gasteiger charge is -2.21. The highest BCUT2D eigenvalue weighted by Crippen LogP contribution is 2.35. The molecule has 6 heteroatoms. The van der Waals surface area contributed by atoms with Crippen LogP contribution in [-0.2, 0) is 0 Å². The second-order valence-electron chi connectivity index (χ2n) is 4.14. The van der Waals surface area contributed by atoms with E-state index in [0.29, 0.717) is 5.16 Å². The standard InChI is InChI=1S/C13H16N4OS/c1-2-10(14)12(9-4-3-6-15-8-9)19-13-16-7-5-11(18)17-13/h3-8,10,12H,2,14H2,1H3,(H,16,17,18). The number of pyridine rings is 1. The molecule has 5 nitrogen and oxygen atoms in total. The smallest absolute Gasteiger partial charge is 0.251 e. The van der Waals surface area contributed by atoms with Crippen molar-refractivity contribution in [3.05, 3.63) is 52.7 Å². The fraction of sp³-hybridized carbons (Fsp3) is 0.308. The van der Waals surface area contributed by atoms with E-state index >= 15 is 0 Å². The average Bonchev–Trinajstić information content (AvgIpc) is 2.45. The van der Waals surface area contributed by atoms with Crippen molar-refractivity contribution in [3.63, 3.8) is 0 Å². The summed E-state index contributed by atoms with van der Waals surface area (Å²) in [6.07, 6.45) is 5.86. The fourth-order valence-corrected chi connectivity index (χ4v) is 2.86. The monoisotopic (exact) mass is 276 g/mol. The van der Waals surface area contributed by atoms with Crippen LogP contribution in [0.2, 0.25) is 0 Å². The summed E-state index contributed by atoms with van der Waals surface area (Å²) < 4.78 is 0. The van der Waals surface area contributed by atoms with Crippen LogP contribution in [0.25, 0.3) is 0 Å². The van der Waals surface area contributed by atoms with E-state index in [-0.39, 0.29) is 16.9 Å². The molecule has 2 atom stereocenters. The molecule has 0 radical (unpaired) electrons. The van der Waals surface area contributed by atoms with Crippen LogP contribution in [0.5, 0.6) is 0 Å². The van der Waals surface area contributed by atoms with Gasteiger partial charge in [0.2, 0.25) is 0 Å². The number of aromatic amines is 1. The first-order chi connectivity index (χ1) is 9.20. The summed E-state index contributed by atoms with van der Waals surface area (Å²) >= 11 is 1.46. The van der Waals surface area contributed by atoms with E-state index in [1.54, 1.807) is 12.4 Å². The van der Waals surface area contributed by atoms with Gasteiger partial charge in [0.1, 0.15) is 0 Å². The normalized spacial score (nSPS) is 14.0. The molecular weight excluding hydrogens is 260 g/mol. The lowest BCUT2D eigenvalue weighted by molar-refractivity contribution is 0.631. The molecule has 2 rings (SSSR count). The summed E-state index contributed by atoms with van der Waals surface area (Å²) in [7, 11) is 0. The van der Waals surface area contributed by atoms with Gasteiger partial charge in [0.25, 0.3) is 5.56 Å². The third kappa shape index (κ3) is 3.65. The maximum atomic E-state index is 11.3. The Kier molecular flexibility index (Phi) is 4.70. The van der Waals surface area contributed by atoms with E-state index in [9.17, 15) is 4.79 Å². The highest BCUT2D eigenvalue weighted by atomic mass is 32.2. The van der Waals surface area contributed by atoms with Crippen LogP contribution in [0.3, 0.4) is 0 Å². The second-order valence-corrected chi connectivity index (χ2v) is 5.27. The molecular formula is C13H16N4OS. The van der Waals surface area contributed by atoms with Gasteiger partial charge < -0.3 is 10.7 Å². The van der Waals surface area contributed by atoms with Crippen LogP contribution < -0.4 is 11.3 Å². The quantitative estimate of drug-likeness (QED) is 0.642. The van der Waals surface area contributed by atoms with Gasteiger partial charge in [0.15, 0.2) is 5.16 Å². The number of H-pyrrole nitrogens is 1. The molecule has 2 aromatic rings. The van der Waals surface area contributed by atoms with Gasteiger partial charge in [0.05, 0.1) is 5.25 Å². The number of nitrogens with zero attached hydrogens (tertiary/aromatic N) is 2. The van der Waals surface area contributed by atoms with Crippen molar-refractivity contribution in [3.8, 4) is 0 Å². The molecule has 0 saturated heterocycles. The maximum Gasteiger partial charge on any atom is 0.251 e. The van der Waals surface area contributed by atoms with Gasteiger partial charge in [-0.15, -0.1) is 0 Å². The van der Waals surface area contributed by atoms with Gasteiger partial charge in [-0.2, -0.15) is 0 Å². The van der Waals surface area contributed by atoms with Crippen LogP contribution >= 0.6 is 11.8 Å². The van der Waals surface area contributed by atoms with Crippen LogP contribution in [0, 0.1) is 0 Å². The minimum Gasteiger partial charge on any atom is -0.326 e. The molecule has 0 saturated carbocycles. The fourth-order valence-electron chi connectivity index (χ4n) is 1.69. The highest BCUT2D eigenvalue weighted by molar-refractivity contribution is 7.99. The highest BCUT2D eigenvalue weighted by Gasteiger charge is 2.21. The number of hydrogen-bond acceptors (Lipinski definition) is 5. The molecule has 2 aromatic heterocycles. The van der Waals surface area contributed by atoms with Gasteiger partial charge in [-0.25, -0.2) is 4.98 Å². The molecule has 0 aliphatic carbocycles. The molecule has 2 heterocycles. The summed E-state index contributed by atoms with van der Waals surface area (Å²) in [5.41, 5.74) is 7.04. The zero-order chi connectivity index (χ0) is 13.7. The Morgan fingerprint density at radius 1 is 1.42 bits per heavy atom. The third-order valence-electron chi connectivity index (χ3n) is 2.76. The van der Waals surface area contributed by atoms with Crippen molar-refractivity contribution >= 4 is 11.8 Å². The largest absolute Gasteiger partial charge is 0.326 e. The van der Waals surface area contributed by atoms with Crippen molar-refractivity contribution in [2.45, 2.75) is 29.8 Å². The van der Waals surface area contributed by atoms with E-state index < -0.39 is 0 Å². The SMILES string of the molecule is CCC(N)C(Sc1nccc(=O)[nH]1)c1cccnc1. The maximum absolute atomic E-state index is 11.3. The Morgan fingerprint density at radius 3 is 2.89 bits per heavy atom. The first-order valence-corrected chi connectivity index (χ1v) is 6.96. The number of thioether (sulfide) groups is 1. The number of rotatable bonds is 5. The molecule has 0 amide bonds. The predicted molar refractivity (Wildman–Crippen MR) is 76.0 cm³/mol. The van der Waals surface area contributed by atoms with Crippen molar-refractivity contribution in [2.24, 2.45) is 5.73 Å². The van der Waals surface area contributed by atoms with Crippen LogP contribution in [0.15, 0.2) is 46.7 Å². The Labute approximate surface area is 115 Å². The average molecular weight is 276 g/mol. The Morgan fingerprint density at radius 2 is 2.26 bits per heavy atom. The molecule has 100 valence electrons. The molecule has 19 heavy (non-hydrogen) atoms. The first-order valence-electron chi connectivity index (χ1n) is 6.08. The topological polar surface area (TPSA) is 84.7 Å². The summed E-state index contributed by atoms with van der Waals surface area (Å²) in [6, 6.07) is 5.23. The van der Waals surface area contributed by atoms with Crippen molar-refractivity contribution in [1.82, 2.24) is 15.0 Å². The molecule has 0 aromatic carbocycles. The zero-order valence-electron chi connectivity index (χ0n) is 10.6. The lowest BCUT2D eigenvalue weighted by Crippen LogP contribution is -2.26. The summed E-state index contributed by atoms with van der Waals surface area (Å²) in [5.74, 6) is 0. The predicted octanol–water partition coefficient (Wildman–Crippen LogP) is 1.74. The third-order valence-corrected chi connectivity index (χ3v) is 4.07. The minimum atomic E-state index is -0.160. The second kappa shape index (κ2) is 6.49. The molecule has 3 N–H and O–H groups in total. The minimum absolute atomic E-state index is 0.0178. The van der Waals surface area contributed by atoms with Crippen molar-refractivity contribution in [1.29, 1.82) is 0 Å². The molecule has 0 bridgehead atoms. The summed E-state index contributed by atoms with van der Waals surface area (Å²) in [5, 5.41) is 0.592. The van der Waals surface area contributed by atoms with Crippen LogP contribution in [-0.4, -0.2) is 21.0 Å². The van der Waals surface area contributed by atoms with Crippen LogP contribution in [0.4, 0.5) is 0 Å². The van der Waals surface area contributed by atoms with E-state index in [4.69, 9.17) is 5.73 Å². The van der Waals surface area contributed by atoms with Gasteiger partial charge >= 0.3 is 0 Å². The number of aromatic nitrogens is 3. The number of nitrogens with one attached hydrogen (secondary N) is 1. The van der Waals surface area contributed by atoms with E-state index in [2.05, 4.69) is 15.0 Å². The summed E-state index contributed by atoms with van der Waals surface area (Å²) in [6.45, 7) is 2.04. The first kappa shape index (κ1) is 13.8. The van der Waals surface area contributed by atoms with Crippen LogP contribution in [0.1, 0.15) is 24.2 Å². The summed E-state index contributed by atoms with van der Waals surface area (Å²) in [4.78, 5) is 22.3. The zero-order valence-corrected chi connectivity index (χ0v) is 11.4. The van der Waals surface area contributed by atoms with Gasteiger partial charge in [-0.3, -0.25) is 9.78 Å². The van der Waals surface area contributed by atoms with E-state index in [1.165, 1.54) is 24.0 Å².